The van der Waals surface area contributed by atoms with Crippen molar-refractivity contribution in [2.75, 3.05) is 0 Å². The molecule has 0 aliphatic carbocycles. The molecule has 126 valence electrons. The number of hydrogen-bond donors (Lipinski definition) is 1. The number of fused-ring (bicyclic) bond motifs is 1. The van der Waals surface area contributed by atoms with Gasteiger partial charge in [0.05, 0.1) is 10.9 Å². The van der Waals surface area contributed by atoms with E-state index in [4.69, 9.17) is 9.52 Å². The molecule has 0 aliphatic rings. The molecule has 0 bridgehead atoms. The van der Waals surface area contributed by atoms with Crippen LogP contribution in [-0.2, 0) is 0 Å². The fraction of sp³-hybridized carbons (Fsp3) is 0.143. The molecule has 0 unspecified atom stereocenters. The predicted octanol–water partition coefficient (Wildman–Crippen LogP) is 4.79. The van der Waals surface area contributed by atoms with Gasteiger partial charge >= 0.3 is 5.97 Å². The van der Waals surface area contributed by atoms with Gasteiger partial charge in [0.2, 0.25) is 0 Å². The second-order valence-corrected chi connectivity index (χ2v) is 6.18. The summed E-state index contributed by atoms with van der Waals surface area (Å²) in [7, 11) is 0. The molecule has 0 saturated carbocycles. The van der Waals surface area contributed by atoms with Crippen LogP contribution in [0.15, 0.2) is 57.7 Å². The topological polar surface area (TPSA) is 67.5 Å². The monoisotopic (exact) mass is 334 g/mol. The first-order valence-electron chi connectivity index (χ1n) is 8.03. The maximum atomic E-state index is 12.3. The Hall–Kier alpha value is -3.14. The smallest absolute Gasteiger partial charge is 0.335 e. The van der Waals surface area contributed by atoms with E-state index in [1.807, 2.05) is 18.2 Å². The van der Waals surface area contributed by atoms with E-state index in [-0.39, 0.29) is 11.0 Å². The van der Waals surface area contributed by atoms with Crippen LogP contribution in [0, 0.1) is 0 Å². The minimum atomic E-state index is -0.961. The van der Waals surface area contributed by atoms with E-state index in [0.29, 0.717) is 22.6 Å². The Morgan fingerprint density at radius 3 is 2.40 bits per heavy atom. The van der Waals surface area contributed by atoms with Gasteiger partial charge in [-0.15, -0.1) is 0 Å². The third-order valence-electron chi connectivity index (χ3n) is 4.03. The standard InChI is InChI=1S/C21H18O4/c1-13(2)16-8-10-20-18(11-16)19(22)12-17(25-20)9-5-14-3-6-15(7-4-14)21(23)24/h3-13H,1-2H3,(H,23,24)/b9-5+. The molecule has 0 spiro atoms. The number of aromatic carboxylic acids is 1. The van der Waals surface area contributed by atoms with Crippen molar-refractivity contribution in [2.24, 2.45) is 0 Å². The highest BCUT2D eigenvalue weighted by Crippen LogP contribution is 2.21. The van der Waals surface area contributed by atoms with E-state index in [0.717, 1.165) is 11.1 Å². The van der Waals surface area contributed by atoms with Crippen molar-refractivity contribution in [1.29, 1.82) is 0 Å². The summed E-state index contributed by atoms with van der Waals surface area (Å²) in [6.45, 7) is 4.16. The van der Waals surface area contributed by atoms with Crippen LogP contribution in [0.5, 0.6) is 0 Å². The SMILES string of the molecule is CC(C)c1ccc2oc(/C=C/c3ccc(C(=O)O)cc3)cc(=O)c2c1. The Balaban J connectivity index is 1.92. The largest absolute Gasteiger partial charge is 0.478 e. The molecule has 25 heavy (non-hydrogen) atoms. The van der Waals surface area contributed by atoms with Gasteiger partial charge in [-0.05, 0) is 47.4 Å². The second kappa shape index (κ2) is 6.77. The number of hydrogen-bond acceptors (Lipinski definition) is 3. The van der Waals surface area contributed by atoms with Gasteiger partial charge in [0.1, 0.15) is 11.3 Å². The lowest BCUT2D eigenvalue weighted by molar-refractivity contribution is 0.0697. The van der Waals surface area contributed by atoms with Crippen molar-refractivity contribution in [3.05, 3.63) is 81.2 Å². The molecule has 1 aromatic heterocycles. The zero-order valence-electron chi connectivity index (χ0n) is 14.0. The second-order valence-electron chi connectivity index (χ2n) is 6.18. The van der Waals surface area contributed by atoms with Gasteiger partial charge in [0, 0.05) is 6.07 Å². The van der Waals surface area contributed by atoms with Crippen LogP contribution in [0.4, 0.5) is 0 Å². The third-order valence-corrected chi connectivity index (χ3v) is 4.03. The highest BCUT2D eigenvalue weighted by molar-refractivity contribution is 5.88. The van der Waals surface area contributed by atoms with E-state index >= 15 is 0 Å². The summed E-state index contributed by atoms with van der Waals surface area (Å²) in [6.07, 6.45) is 3.48. The van der Waals surface area contributed by atoms with Crippen molar-refractivity contribution in [1.82, 2.24) is 0 Å². The van der Waals surface area contributed by atoms with Gasteiger partial charge in [-0.2, -0.15) is 0 Å². The summed E-state index contributed by atoms with van der Waals surface area (Å²) in [5.41, 5.74) is 2.63. The van der Waals surface area contributed by atoms with E-state index in [1.165, 1.54) is 18.2 Å². The number of carboxylic acids is 1. The van der Waals surface area contributed by atoms with Crippen LogP contribution in [0.1, 0.15) is 47.0 Å². The lowest BCUT2D eigenvalue weighted by Gasteiger charge is -2.06. The number of benzene rings is 2. The highest BCUT2D eigenvalue weighted by Gasteiger charge is 2.06. The van der Waals surface area contributed by atoms with Crippen molar-refractivity contribution in [2.45, 2.75) is 19.8 Å². The van der Waals surface area contributed by atoms with Gasteiger partial charge in [-0.25, -0.2) is 4.79 Å². The molecule has 3 aromatic rings. The normalized spacial score (nSPS) is 11.5. The van der Waals surface area contributed by atoms with Gasteiger partial charge < -0.3 is 9.52 Å². The highest BCUT2D eigenvalue weighted by atomic mass is 16.4. The molecule has 0 atom stereocenters. The van der Waals surface area contributed by atoms with E-state index in [1.54, 1.807) is 24.3 Å². The Kier molecular flexibility index (Phi) is 4.52. The summed E-state index contributed by atoms with van der Waals surface area (Å²) in [5, 5.41) is 9.48. The molecule has 4 nitrogen and oxygen atoms in total. The van der Waals surface area contributed by atoms with Gasteiger partial charge in [-0.3, -0.25) is 4.79 Å². The summed E-state index contributed by atoms with van der Waals surface area (Å²) < 4.78 is 5.78. The summed E-state index contributed by atoms with van der Waals surface area (Å²) in [4.78, 5) is 23.2. The zero-order chi connectivity index (χ0) is 18.0. The van der Waals surface area contributed by atoms with Crippen LogP contribution >= 0.6 is 0 Å². The summed E-state index contributed by atoms with van der Waals surface area (Å²) in [6, 6.07) is 13.6. The molecular weight excluding hydrogens is 316 g/mol. The Bertz CT molecular complexity index is 1010. The molecule has 1 N–H and O–H groups in total. The first-order chi connectivity index (χ1) is 11.9. The first kappa shape index (κ1) is 16.7. The lowest BCUT2D eigenvalue weighted by atomic mass is 10.0. The van der Waals surface area contributed by atoms with Gasteiger partial charge in [0.25, 0.3) is 0 Å². The Labute approximate surface area is 145 Å². The zero-order valence-corrected chi connectivity index (χ0v) is 14.0. The average molecular weight is 334 g/mol. The molecule has 0 saturated heterocycles. The van der Waals surface area contributed by atoms with Crippen molar-refractivity contribution in [3.8, 4) is 0 Å². The average Bonchev–Trinajstić information content (AvgIpc) is 2.60. The minimum absolute atomic E-state index is 0.0791. The molecule has 4 heteroatoms. The predicted molar refractivity (Wildman–Crippen MR) is 98.9 cm³/mol. The van der Waals surface area contributed by atoms with Crippen LogP contribution in [-0.4, -0.2) is 11.1 Å². The van der Waals surface area contributed by atoms with E-state index in [2.05, 4.69) is 13.8 Å². The molecular formula is C21H18O4. The van der Waals surface area contributed by atoms with Gasteiger partial charge in [0.15, 0.2) is 5.43 Å². The molecule has 0 radical (unpaired) electrons. The molecule has 3 rings (SSSR count). The minimum Gasteiger partial charge on any atom is -0.478 e. The maximum absolute atomic E-state index is 12.3. The van der Waals surface area contributed by atoms with E-state index in [9.17, 15) is 9.59 Å². The number of carboxylic acid groups (broad SMARTS) is 1. The molecule has 1 heterocycles. The first-order valence-corrected chi connectivity index (χ1v) is 8.03. The lowest BCUT2D eigenvalue weighted by Crippen LogP contribution is -2.01. The van der Waals surface area contributed by atoms with Crippen LogP contribution < -0.4 is 5.43 Å². The van der Waals surface area contributed by atoms with E-state index < -0.39 is 5.97 Å². The van der Waals surface area contributed by atoms with Gasteiger partial charge in [-0.1, -0.05) is 38.1 Å². The van der Waals surface area contributed by atoms with Crippen LogP contribution in [0.3, 0.4) is 0 Å². The Morgan fingerprint density at radius 2 is 1.76 bits per heavy atom. The van der Waals surface area contributed by atoms with Crippen LogP contribution in [0.2, 0.25) is 0 Å². The Morgan fingerprint density at radius 1 is 1.04 bits per heavy atom. The molecule has 0 aliphatic heterocycles. The summed E-state index contributed by atoms with van der Waals surface area (Å²) in [5.74, 6) is -0.161. The van der Waals surface area contributed by atoms with Crippen molar-refractivity contribution >= 4 is 29.1 Å². The third kappa shape index (κ3) is 3.69. The number of carbonyl (C=O) groups is 1. The van der Waals surface area contributed by atoms with Crippen molar-refractivity contribution in [3.63, 3.8) is 0 Å². The summed E-state index contributed by atoms with van der Waals surface area (Å²) >= 11 is 0. The van der Waals surface area contributed by atoms with Crippen molar-refractivity contribution < 1.29 is 14.3 Å². The van der Waals surface area contributed by atoms with Crippen LogP contribution in [0.25, 0.3) is 23.1 Å². The molecule has 2 aromatic carbocycles. The fourth-order valence-electron chi connectivity index (χ4n) is 2.55. The number of rotatable bonds is 4. The molecule has 0 amide bonds. The fourth-order valence-corrected chi connectivity index (χ4v) is 2.55. The maximum Gasteiger partial charge on any atom is 0.335 e. The quantitative estimate of drug-likeness (QED) is 0.745. The molecule has 0 fully saturated rings.